The molecule has 0 aliphatic carbocycles. The van der Waals surface area contributed by atoms with Gasteiger partial charge in [-0.15, -0.1) is 0 Å². The minimum atomic E-state index is -0.631. The number of carbonyl (C=O) groups excluding carboxylic acids is 1. The van der Waals surface area contributed by atoms with Gasteiger partial charge >= 0.3 is 0 Å². The molecule has 1 aliphatic rings. The van der Waals surface area contributed by atoms with Gasteiger partial charge in [0, 0.05) is 12.1 Å². The highest BCUT2D eigenvalue weighted by Gasteiger charge is 2.39. The zero-order valence-corrected chi connectivity index (χ0v) is 17.3. The van der Waals surface area contributed by atoms with Gasteiger partial charge in [0.25, 0.3) is 11.6 Å². The number of anilines is 1. The van der Waals surface area contributed by atoms with E-state index in [9.17, 15) is 20.0 Å². The highest BCUT2D eigenvalue weighted by Crippen LogP contribution is 2.43. The van der Waals surface area contributed by atoms with Crippen LogP contribution < -0.4 is 10.2 Å². The van der Waals surface area contributed by atoms with Crippen LogP contribution in [0.5, 0.6) is 5.75 Å². The number of nitrogens with zero attached hydrogens (tertiary/aromatic N) is 2. The number of phenols is 1. The third-order valence-electron chi connectivity index (χ3n) is 4.77. The van der Waals surface area contributed by atoms with E-state index >= 15 is 0 Å². The van der Waals surface area contributed by atoms with E-state index in [-0.39, 0.29) is 32.9 Å². The zero-order chi connectivity index (χ0) is 22.1. The van der Waals surface area contributed by atoms with Crippen molar-refractivity contribution in [2.24, 2.45) is 0 Å². The predicted molar refractivity (Wildman–Crippen MR) is 119 cm³/mol. The molecule has 4 rings (SSSR count). The van der Waals surface area contributed by atoms with Crippen molar-refractivity contribution in [3.63, 3.8) is 0 Å². The fourth-order valence-corrected chi connectivity index (χ4v) is 4.00. The van der Waals surface area contributed by atoms with Crippen molar-refractivity contribution in [1.29, 1.82) is 0 Å². The minimum absolute atomic E-state index is 0.0128. The zero-order valence-electron chi connectivity index (χ0n) is 15.8. The molecule has 1 aliphatic heterocycles. The topological polar surface area (TPSA) is 95.7 Å². The Bertz CT molecular complexity index is 1170. The summed E-state index contributed by atoms with van der Waals surface area (Å²) < 4.78 is 0. The van der Waals surface area contributed by atoms with Crippen molar-refractivity contribution in [2.45, 2.75) is 6.17 Å². The fraction of sp³-hybridized carbons (Fsp3) is 0.0455. The molecule has 0 radical (unpaired) electrons. The van der Waals surface area contributed by atoms with Crippen molar-refractivity contribution < 1.29 is 14.8 Å². The number of nitro benzene ring substituents is 1. The van der Waals surface area contributed by atoms with E-state index in [1.54, 1.807) is 18.2 Å². The van der Waals surface area contributed by atoms with Gasteiger partial charge < -0.3 is 10.4 Å². The average molecular weight is 456 g/mol. The summed E-state index contributed by atoms with van der Waals surface area (Å²) in [5.41, 5.74) is 1.66. The number of phenolic OH excluding ortho intramolecular Hbond substituents is 1. The molecule has 31 heavy (non-hydrogen) atoms. The molecule has 2 N–H and O–H groups in total. The van der Waals surface area contributed by atoms with Gasteiger partial charge in [-0.25, -0.2) is 0 Å². The first-order chi connectivity index (χ1) is 14.8. The number of hydrogen-bond donors (Lipinski definition) is 2. The van der Waals surface area contributed by atoms with E-state index in [1.807, 2.05) is 30.3 Å². The Morgan fingerprint density at radius 2 is 1.65 bits per heavy atom. The van der Waals surface area contributed by atoms with Gasteiger partial charge in [-0.3, -0.25) is 19.8 Å². The van der Waals surface area contributed by atoms with Crippen LogP contribution in [-0.2, 0) is 4.79 Å². The number of hydrogen-bond acceptors (Lipinski definition) is 5. The number of aromatic hydroxyl groups is 1. The maximum atomic E-state index is 13.4. The summed E-state index contributed by atoms with van der Waals surface area (Å²) in [4.78, 5) is 25.3. The summed E-state index contributed by atoms with van der Waals surface area (Å²) in [6, 6.07) is 17.9. The number of nitro groups is 1. The van der Waals surface area contributed by atoms with Crippen molar-refractivity contribution >= 4 is 46.6 Å². The summed E-state index contributed by atoms with van der Waals surface area (Å²) >= 11 is 12.7. The van der Waals surface area contributed by atoms with Crippen LogP contribution in [0.15, 0.2) is 72.4 Å². The van der Waals surface area contributed by atoms with Crippen molar-refractivity contribution in [3.05, 3.63) is 104 Å². The standard InChI is InChI=1S/C22H15Cl2N3O4/c23-17-11-15(27(30)31)12-18(24)20(17)26-21(14-4-2-1-3-5-14)25-19(22(26)29)10-13-6-8-16(28)9-7-13/h1-12,21,25,28H. The summed E-state index contributed by atoms with van der Waals surface area (Å²) in [7, 11) is 0. The summed E-state index contributed by atoms with van der Waals surface area (Å²) in [5, 5.41) is 23.8. The Balaban J connectivity index is 1.83. The van der Waals surface area contributed by atoms with E-state index in [2.05, 4.69) is 5.32 Å². The van der Waals surface area contributed by atoms with Crippen LogP contribution in [0.25, 0.3) is 6.08 Å². The van der Waals surface area contributed by atoms with Gasteiger partial charge in [-0.1, -0.05) is 65.7 Å². The number of benzene rings is 3. The Morgan fingerprint density at radius 1 is 1.03 bits per heavy atom. The molecule has 0 spiro atoms. The number of carbonyl (C=O) groups is 1. The Morgan fingerprint density at radius 3 is 2.23 bits per heavy atom. The third kappa shape index (κ3) is 4.05. The van der Waals surface area contributed by atoms with Gasteiger partial charge in [0.05, 0.1) is 20.7 Å². The SMILES string of the molecule is O=C1C(=Cc2ccc(O)cc2)NC(c2ccccc2)N1c1c(Cl)cc([N+](=O)[O-])cc1Cl. The molecule has 1 unspecified atom stereocenters. The van der Waals surface area contributed by atoms with Crippen molar-refractivity contribution in [1.82, 2.24) is 5.32 Å². The largest absolute Gasteiger partial charge is 0.508 e. The van der Waals surface area contributed by atoms with Crippen molar-refractivity contribution in [2.75, 3.05) is 4.90 Å². The maximum absolute atomic E-state index is 13.4. The van der Waals surface area contributed by atoms with E-state index in [0.717, 1.165) is 5.56 Å². The summed E-state index contributed by atoms with van der Waals surface area (Å²) in [6.07, 6.45) is 1.01. The first-order valence-electron chi connectivity index (χ1n) is 9.14. The number of nitrogens with one attached hydrogen (secondary N) is 1. The van der Waals surface area contributed by atoms with Crippen LogP contribution >= 0.6 is 23.2 Å². The molecule has 1 heterocycles. The molecule has 7 nitrogen and oxygen atoms in total. The molecule has 3 aromatic carbocycles. The Labute approximate surface area is 187 Å². The van der Waals surface area contributed by atoms with Gasteiger partial charge in [0.2, 0.25) is 0 Å². The van der Waals surface area contributed by atoms with Crippen molar-refractivity contribution in [3.8, 4) is 5.75 Å². The smallest absolute Gasteiger partial charge is 0.276 e. The Kier molecular flexibility index (Phi) is 5.54. The monoisotopic (exact) mass is 455 g/mol. The molecular weight excluding hydrogens is 441 g/mol. The fourth-order valence-electron chi connectivity index (χ4n) is 3.35. The minimum Gasteiger partial charge on any atom is -0.508 e. The summed E-state index contributed by atoms with van der Waals surface area (Å²) in [6.45, 7) is 0. The molecule has 0 aromatic heterocycles. The van der Waals surface area contributed by atoms with E-state index in [0.29, 0.717) is 5.56 Å². The van der Waals surface area contributed by atoms with E-state index in [1.165, 1.54) is 29.2 Å². The van der Waals surface area contributed by atoms with Crippen LogP contribution in [0.1, 0.15) is 17.3 Å². The van der Waals surface area contributed by atoms with Gasteiger partial charge in [0.15, 0.2) is 0 Å². The normalized spacial score (nSPS) is 17.1. The van der Waals surface area contributed by atoms with Gasteiger partial charge in [0.1, 0.15) is 17.6 Å². The van der Waals surface area contributed by atoms with E-state index in [4.69, 9.17) is 23.2 Å². The quantitative estimate of drug-likeness (QED) is 0.316. The average Bonchev–Trinajstić information content (AvgIpc) is 3.06. The second-order valence-corrected chi connectivity index (χ2v) is 7.61. The summed E-state index contributed by atoms with van der Waals surface area (Å²) in [5.74, 6) is -0.291. The highest BCUT2D eigenvalue weighted by atomic mass is 35.5. The number of halogens is 2. The molecule has 3 aromatic rings. The molecule has 156 valence electrons. The van der Waals surface area contributed by atoms with Crippen LogP contribution in [0.2, 0.25) is 10.0 Å². The lowest BCUT2D eigenvalue weighted by Gasteiger charge is -2.25. The van der Waals surface area contributed by atoms with Crippen LogP contribution in [-0.4, -0.2) is 15.9 Å². The van der Waals surface area contributed by atoms with Crippen LogP contribution in [0.3, 0.4) is 0 Å². The number of rotatable bonds is 4. The lowest BCUT2D eigenvalue weighted by molar-refractivity contribution is -0.384. The lowest BCUT2D eigenvalue weighted by atomic mass is 10.1. The molecular formula is C22H15Cl2N3O4. The number of amides is 1. The third-order valence-corrected chi connectivity index (χ3v) is 5.35. The molecule has 9 heteroatoms. The Hall–Kier alpha value is -3.55. The second kappa shape index (κ2) is 8.29. The highest BCUT2D eigenvalue weighted by molar-refractivity contribution is 6.40. The predicted octanol–water partition coefficient (Wildman–Crippen LogP) is 5.28. The van der Waals surface area contributed by atoms with Gasteiger partial charge in [-0.2, -0.15) is 0 Å². The molecule has 1 atom stereocenters. The molecule has 1 amide bonds. The molecule has 0 bridgehead atoms. The van der Waals surface area contributed by atoms with Gasteiger partial charge in [-0.05, 0) is 29.3 Å². The van der Waals surface area contributed by atoms with E-state index < -0.39 is 17.0 Å². The molecule has 1 fully saturated rings. The van der Waals surface area contributed by atoms with Crippen LogP contribution in [0.4, 0.5) is 11.4 Å². The first-order valence-corrected chi connectivity index (χ1v) is 9.90. The lowest BCUT2D eigenvalue weighted by Crippen LogP contribution is -2.30. The maximum Gasteiger partial charge on any atom is 0.276 e. The second-order valence-electron chi connectivity index (χ2n) is 6.80. The molecule has 1 saturated heterocycles. The van der Waals surface area contributed by atoms with Crippen LogP contribution in [0, 0.1) is 10.1 Å². The number of non-ortho nitro benzene ring substituents is 1. The molecule has 0 saturated carbocycles. The first kappa shape index (κ1) is 20.7.